The lowest BCUT2D eigenvalue weighted by atomic mass is 10.0. The Balaban J connectivity index is 1.91. The van der Waals surface area contributed by atoms with Crippen LogP contribution in [0.15, 0.2) is 36.4 Å². The maximum Gasteiger partial charge on any atom is 0.122 e. The zero-order chi connectivity index (χ0) is 20.1. The van der Waals surface area contributed by atoms with E-state index in [4.69, 9.17) is 4.74 Å². The number of benzene rings is 1. The molecule has 0 amide bonds. The monoisotopic (exact) mass is 387 g/mol. The predicted octanol–water partition coefficient (Wildman–Crippen LogP) is 8.08. The summed E-state index contributed by atoms with van der Waals surface area (Å²) < 4.78 is 5.55. The molecule has 0 spiro atoms. The molecule has 1 aromatic carbocycles. The number of ether oxygens (including phenoxy) is 1. The van der Waals surface area contributed by atoms with E-state index in [2.05, 4.69) is 31.2 Å². The Bertz CT molecular complexity index is 481. The Hall–Kier alpha value is -1.28. The molecule has 1 rings (SSSR count). The zero-order valence-electron chi connectivity index (χ0n) is 18.3. The van der Waals surface area contributed by atoms with Gasteiger partial charge in [0.2, 0.25) is 0 Å². The second kappa shape index (κ2) is 19.1. The third kappa shape index (κ3) is 13.8. The van der Waals surface area contributed by atoms with Gasteiger partial charge >= 0.3 is 0 Å². The lowest BCUT2D eigenvalue weighted by molar-refractivity contribution is 0.137. The summed E-state index contributed by atoms with van der Waals surface area (Å²) in [5.41, 5.74) is 1.24. The average Bonchev–Trinajstić information content (AvgIpc) is 2.72. The summed E-state index contributed by atoms with van der Waals surface area (Å²) in [6.45, 7) is 2.37. The largest absolute Gasteiger partial charge is 0.491 e. The van der Waals surface area contributed by atoms with Crippen LogP contribution in [0.5, 0.6) is 5.75 Å². The predicted molar refractivity (Wildman–Crippen MR) is 121 cm³/mol. The topological polar surface area (TPSA) is 29.1 Å². The van der Waals surface area contributed by atoms with Crippen LogP contribution < -0.4 is 4.74 Å². The van der Waals surface area contributed by atoms with Gasteiger partial charge in [-0.05, 0) is 50.2 Å². The molecule has 0 atom stereocenters. The smallest absolute Gasteiger partial charge is 0.122 e. The van der Waals surface area contributed by atoms with Crippen molar-refractivity contribution in [3.63, 3.8) is 0 Å². The Kier molecular flexibility index (Phi) is 16.8. The van der Waals surface area contributed by atoms with E-state index in [0.717, 1.165) is 12.2 Å². The van der Waals surface area contributed by atoms with E-state index >= 15 is 0 Å². The second-order valence-corrected chi connectivity index (χ2v) is 7.85. The molecule has 0 aliphatic rings. The molecular weight excluding hydrogens is 344 g/mol. The van der Waals surface area contributed by atoms with E-state index in [-0.39, 0.29) is 13.2 Å². The van der Waals surface area contributed by atoms with Crippen molar-refractivity contribution >= 4 is 0 Å². The summed E-state index contributed by atoms with van der Waals surface area (Å²) in [4.78, 5) is 0. The fourth-order valence-corrected chi connectivity index (χ4v) is 3.57. The Labute approximate surface area is 174 Å². The van der Waals surface area contributed by atoms with Crippen LogP contribution in [0.25, 0.3) is 0 Å². The van der Waals surface area contributed by atoms with Gasteiger partial charge in [0, 0.05) is 0 Å². The molecule has 1 radical (unpaired) electrons. The van der Waals surface area contributed by atoms with Gasteiger partial charge in [-0.15, -0.1) is 0 Å². The van der Waals surface area contributed by atoms with Gasteiger partial charge in [-0.1, -0.05) is 95.1 Å². The molecule has 2 nitrogen and oxygen atoms in total. The molecule has 159 valence electrons. The van der Waals surface area contributed by atoms with Crippen molar-refractivity contribution in [1.29, 1.82) is 0 Å². The summed E-state index contributed by atoms with van der Waals surface area (Å²) in [6.07, 6.45) is 24.5. The molecule has 0 N–H and O–H groups in total. The summed E-state index contributed by atoms with van der Waals surface area (Å²) in [5.74, 6) is 0.895. The maximum atomic E-state index is 10.6. The third-order valence-corrected chi connectivity index (χ3v) is 5.27. The standard InChI is InChI=1S/C26H43O2/c1-2-3-4-5-6-7-8-9-10-11-12-13-14-15-16-17-20-25-21-18-19-22-26(25)28-24-23-27/h9-10,18-19,21-22H,2-8,11-17,20,23-24H2,1H3/b10-9-. The van der Waals surface area contributed by atoms with Crippen molar-refractivity contribution in [3.05, 3.63) is 42.0 Å². The van der Waals surface area contributed by atoms with Crippen LogP contribution in [0.4, 0.5) is 0 Å². The van der Waals surface area contributed by atoms with Gasteiger partial charge in [0.1, 0.15) is 19.0 Å². The molecule has 2 heteroatoms. The van der Waals surface area contributed by atoms with Gasteiger partial charge in [0.15, 0.2) is 0 Å². The highest BCUT2D eigenvalue weighted by molar-refractivity contribution is 5.33. The number of rotatable bonds is 19. The lowest BCUT2D eigenvalue weighted by Gasteiger charge is -2.10. The van der Waals surface area contributed by atoms with Gasteiger partial charge in [0.25, 0.3) is 0 Å². The van der Waals surface area contributed by atoms with Crippen molar-refractivity contribution in [2.24, 2.45) is 0 Å². The number of unbranched alkanes of at least 4 members (excludes halogenated alkanes) is 12. The van der Waals surface area contributed by atoms with Gasteiger partial charge < -0.3 is 4.74 Å². The SMILES string of the molecule is CCCCCCCC/C=C\CCCCCCCCc1ccccc1OCC[O]. The molecule has 0 aromatic heterocycles. The van der Waals surface area contributed by atoms with E-state index in [1.807, 2.05) is 12.1 Å². The van der Waals surface area contributed by atoms with Crippen LogP contribution >= 0.6 is 0 Å². The highest BCUT2D eigenvalue weighted by atomic mass is 16.5. The van der Waals surface area contributed by atoms with E-state index in [9.17, 15) is 5.11 Å². The van der Waals surface area contributed by atoms with Crippen molar-refractivity contribution in [1.82, 2.24) is 0 Å². The summed E-state index contributed by atoms with van der Waals surface area (Å²) in [5, 5.41) is 10.6. The number of para-hydroxylation sites is 1. The van der Waals surface area contributed by atoms with E-state index in [0.29, 0.717) is 0 Å². The maximum absolute atomic E-state index is 10.6. The minimum absolute atomic E-state index is 0.178. The minimum Gasteiger partial charge on any atom is -0.491 e. The molecule has 0 saturated heterocycles. The number of hydrogen-bond donors (Lipinski definition) is 0. The van der Waals surface area contributed by atoms with Crippen LogP contribution in [-0.4, -0.2) is 13.2 Å². The average molecular weight is 388 g/mol. The minimum atomic E-state index is -0.178. The van der Waals surface area contributed by atoms with Crippen molar-refractivity contribution in [3.8, 4) is 5.75 Å². The number of allylic oxidation sites excluding steroid dienone is 2. The first-order valence-corrected chi connectivity index (χ1v) is 11.8. The van der Waals surface area contributed by atoms with Gasteiger partial charge in [-0.3, -0.25) is 0 Å². The Morgan fingerprint density at radius 1 is 0.750 bits per heavy atom. The van der Waals surface area contributed by atoms with Crippen LogP contribution in [-0.2, 0) is 11.5 Å². The zero-order valence-corrected chi connectivity index (χ0v) is 18.3. The van der Waals surface area contributed by atoms with Crippen LogP contribution in [0.2, 0.25) is 0 Å². The molecular formula is C26H43O2. The second-order valence-electron chi connectivity index (χ2n) is 7.85. The third-order valence-electron chi connectivity index (χ3n) is 5.27. The van der Waals surface area contributed by atoms with Gasteiger partial charge in [-0.2, -0.15) is 0 Å². The number of hydrogen-bond acceptors (Lipinski definition) is 1. The molecule has 0 unspecified atom stereocenters. The molecule has 0 fully saturated rings. The molecule has 1 aromatic rings. The lowest BCUT2D eigenvalue weighted by Crippen LogP contribution is -2.03. The van der Waals surface area contributed by atoms with Crippen LogP contribution in [0.1, 0.15) is 102 Å². The fourth-order valence-electron chi connectivity index (χ4n) is 3.57. The van der Waals surface area contributed by atoms with Crippen molar-refractivity contribution in [2.75, 3.05) is 13.2 Å². The van der Waals surface area contributed by atoms with Crippen molar-refractivity contribution in [2.45, 2.75) is 103 Å². The molecule has 0 saturated carbocycles. The van der Waals surface area contributed by atoms with E-state index in [1.165, 1.54) is 95.5 Å². The van der Waals surface area contributed by atoms with Gasteiger partial charge in [0.05, 0.1) is 0 Å². The van der Waals surface area contributed by atoms with Crippen molar-refractivity contribution < 1.29 is 9.84 Å². The molecule has 0 aliphatic heterocycles. The molecule has 0 bridgehead atoms. The van der Waals surface area contributed by atoms with E-state index in [1.54, 1.807) is 0 Å². The highest BCUT2D eigenvalue weighted by Gasteiger charge is 2.02. The quantitative estimate of drug-likeness (QED) is 0.174. The highest BCUT2D eigenvalue weighted by Crippen LogP contribution is 2.21. The Morgan fingerprint density at radius 2 is 1.32 bits per heavy atom. The van der Waals surface area contributed by atoms with Gasteiger partial charge in [-0.25, -0.2) is 5.11 Å². The van der Waals surface area contributed by atoms with Crippen LogP contribution in [0, 0.1) is 0 Å². The first kappa shape index (κ1) is 24.8. The first-order chi connectivity index (χ1) is 13.9. The van der Waals surface area contributed by atoms with E-state index < -0.39 is 0 Å². The normalized spacial score (nSPS) is 11.4. The molecule has 0 heterocycles. The first-order valence-electron chi connectivity index (χ1n) is 11.8. The number of aryl methyl sites for hydroxylation is 1. The summed E-state index contributed by atoms with van der Waals surface area (Å²) >= 11 is 0. The fraction of sp³-hybridized carbons (Fsp3) is 0.692. The Morgan fingerprint density at radius 3 is 1.96 bits per heavy atom. The summed E-state index contributed by atoms with van der Waals surface area (Å²) in [6, 6.07) is 8.13. The van der Waals surface area contributed by atoms with Crippen LogP contribution in [0.3, 0.4) is 0 Å². The summed E-state index contributed by atoms with van der Waals surface area (Å²) in [7, 11) is 0. The molecule has 0 aliphatic carbocycles. The molecule has 28 heavy (non-hydrogen) atoms.